The van der Waals surface area contributed by atoms with E-state index in [1.165, 1.54) is 13.8 Å². The Morgan fingerprint density at radius 1 is 1.06 bits per heavy atom. The summed E-state index contributed by atoms with van der Waals surface area (Å²) in [7, 11) is 0. The normalized spacial score (nSPS) is 11.7. The molecule has 1 aromatic rings. The summed E-state index contributed by atoms with van der Waals surface area (Å²) in [5.74, 6) is -0.205. The first-order valence-electron chi connectivity index (χ1n) is 4.94. The quantitative estimate of drug-likeness (QED) is 0.581. The highest BCUT2D eigenvalue weighted by atomic mass is 16.5. The van der Waals surface area contributed by atoms with Gasteiger partial charge in [0.15, 0.2) is 0 Å². The van der Waals surface area contributed by atoms with E-state index in [4.69, 9.17) is 9.47 Å². The molecule has 0 N–H and O–H groups in total. The van der Waals surface area contributed by atoms with Crippen molar-refractivity contribution in [2.45, 2.75) is 26.9 Å². The van der Waals surface area contributed by atoms with Crippen LogP contribution in [0.15, 0.2) is 24.3 Å². The first kappa shape index (κ1) is 12.2. The maximum Gasteiger partial charge on any atom is 0.308 e. The molecule has 0 bridgehead atoms. The third-order valence-corrected chi connectivity index (χ3v) is 1.95. The van der Waals surface area contributed by atoms with E-state index in [2.05, 4.69) is 0 Å². The molecule has 0 aliphatic carbocycles. The maximum atomic E-state index is 10.7. The number of hydrogen-bond acceptors (Lipinski definition) is 4. The first-order valence-corrected chi connectivity index (χ1v) is 4.94. The minimum atomic E-state index is -0.360. The molecule has 0 spiro atoms. The fraction of sp³-hybridized carbons (Fsp3) is 0.333. The van der Waals surface area contributed by atoms with Crippen LogP contribution < -0.4 is 4.74 Å². The van der Waals surface area contributed by atoms with Gasteiger partial charge in [0.05, 0.1) is 0 Å². The summed E-state index contributed by atoms with van der Waals surface area (Å²) in [6.45, 7) is 4.49. The second-order valence-corrected chi connectivity index (χ2v) is 3.41. The van der Waals surface area contributed by atoms with Crippen LogP contribution in [-0.2, 0) is 14.3 Å². The van der Waals surface area contributed by atoms with Crippen molar-refractivity contribution in [3.8, 4) is 5.75 Å². The monoisotopic (exact) mass is 222 g/mol. The third-order valence-electron chi connectivity index (χ3n) is 1.95. The van der Waals surface area contributed by atoms with Gasteiger partial charge in [-0.3, -0.25) is 9.59 Å². The molecule has 86 valence electrons. The number of benzene rings is 1. The summed E-state index contributed by atoms with van der Waals surface area (Å²) in [4.78, 5) is 21.4. The number of carbonyl (C=O) groups is 2. The van der Waals surface area contributed by atoms with Gasteiger partial charge < -0.3 is 9.47 Å². The predicted molar refractivity (Wildman–Crippen MR) is 57.9 cm³/mol. The zero-order chi connectivity index (χ0) is 12.1. The number of esters is 2. The molecule has 0 amide bonds. The lowest BCUT2D eigenvalue weighted by atomic mass is 10.1. The van der Waals surface area contributed by atoms with Gasteiger partial charge in [-0.2, -0.15) is 0 Å². The Balaban J connectivity index is 2.70. The average Bonchev–Trinajstić information content (AvgIpc) is 2.16. The topological polar surface area (TPSA) is 52.6 Å². The second kappa shape index (κ2) is 5.30. The van der Waals surface area contributed by atoms with Gasteiger partial charge in [0.1, 0.15) is 11.9 Å². The fourth-order valence-electron chi connectivity index (χ4n) is 1.29. The Morgan fingerprint density at radius 3 is 2.06 bits per heavy atom. The molecule has 0 radical (unpaired) electrons. The molecule has 0 saturated carbocycles. The molecule has 1 aromatic carbocycles. The lowest BCUT2D eigenvalue weighted by molar-refractivity contribution is -0.145. The summed E-state index contributed by atoms with van der Waals surface area (Å²) in [5.41, 5.74) is 0.853. The number of hydrogen-bond donors (Lipinski definition) is 0. The SMILES string of the molecule is CC(=O)Oc1ccc([C@H](C)OC(C)=O)cc1. The third kappa shape index (κ3) is 3.73. The highest BCUT2D eigenvalue weighted by Crippen LogP contribution is 2.20. The van der Waals surface area contributed by atoms with Gasteiger partial charge in [0, 0.05) is 13.8 Å². The van der Waals surface area contributed by atoms with E-state index in [1.54, 1.807) is 31.2 Å². The Kier molecular flexibility index (Phi) is 4.05. The minimum absolute atomic E-state index is 0.302. The summed E-state index contributed by atoms with van der Waals surface area (Å²) >= 11 is 0. The van der Waals surface area contributed by atoms with Crippen LogP contribution in [0.25, 0.3) is 0 Å². The van der Waals surface area contributed by atoms with Gasteiger partial charge in [-0.05, 0) is 24.6 Å². The molecule has 1 rings (SSSR count). The molecule has 0 unspecified atom stereocenters. The van der Waals surface area contributed by atoms with E-state index in [-0.39, 0.29) is 18.0 Å². The van der Waals surface area contributed by atoms with Crippen molar-refractivity contribution in [2.75, 3.05) is 0 Å². The van der Waals surface area contributed by atoms with Crippen LogP contribution >= 0.6 is 0 Å². The Labute approximate surface area is 94.2 Å². The minimum Gasteiger partial charge on any atom is -0.458 e. The van der Waals surface area contributed by atoms with Crippen LogP contribution in [0.4, 0.5) is 0 Å². The molecule has 0 fully saturated rings. The number of rotatable bonds is 3. The molecule has 16 heavy (non-hydrogen) atoms. The van der Waals surface area contributed by atoms with Gasteiger partial charge in [-0.1, -0.05) is 12.1 Å². The van der Waals surface area contributed by atoms with E-state index < -0.39 is 0 Å². The molecule has 0 aromatic heterocycles. The summed E-state index contributed by atoms with van der Waals surface area (Å²) in [6, 6.07) is 6.84. The van der Waals surface area contributed by atoms with E-state index in [9.17, 15) is 9.59 Å². The molecule has 0 aliphatic heterocycles. The van der Waals surface area contributed by atoms with Crippen molar-refractivity contribution in [3.63, 3.8) is 0 Å². The van der Waals surface area contributed by atoms with Crippen molar-refractivity contribution < 1.29 is 19.1 Å². The Hall–Kier alpha value is -1.84. The van der Waals surface area contributed by atoms with Gasteiger partial charge >= 0.3 is 11.9 Å². The van der Waals surface area contributed by atoms with E-state index >= 15 is 0 Å². The van der Waals surface area contributed by atoms with E-state index in [0.29, 0.717) is 5.75 Å². The summed E-state index contributed by atoms with van der Waals surface area (Å²) in [6.07, 6.45) is -0.302. The Bertz CT molecular complexity index is 381. The summed E-state index contributed by atoms with van der Waals surface area (Å²) < 4.78 is 9.89. The zero-order valence-electron chi connectivity index (χ0n) is 9.52. The van der Waals surface area contributed by atoms with E-state index in [1.807, 2.05) is 0 Å². The maximum absolute atomic E-state index is 10.7. The van der Waals surface area contributed by atoms with Crippen LogP contribution in [-0.4, -0.2) is 11.9 Å². The highest BCUT2D eigenvalue weighted by Gasteiger charge is 2.08. The molecule has 1 atom stereocenters. The second-order valence-electron chi connectivity index (χ2n) is 3.41. The van der Waals surface area contributed by atoms with Crippen LogP contribution in [0.3, 0.4) is 0 Å². The zero-order valence-corrected chi connectivity index (χ0v) is 9.52. The highest BCUT2D eigenvalue weighted by molar-refractivity contribution is 5.69. The molecule has 0 heterocycles. The molecular weight excluding hydrogens is 208 g/mol. The molecule has 4 nitrogen and oxygen atoms in total. The van der Waals surface area contributed by atoms with Gasteiger partial charge in [0.25, 0.3) is 0 Å². The molecular formula is C12H14O4. The number of carbonyl (C=O) groups excluding carboxylic acids is 2. The average molecular weight is 222 g/mol. The predicted octanol–water partition coefficient (Wildman–Crippen LogP) is 2.24. The number of ether oxygens (including phenoxy) is 2. The molecule has 4 heteroatoms. The Morgan fingerprint density at radius 2 is 1.62 bits per heavy atom. The van der Waals surface area contributed by atoms with Gasteiger partial charge in [-0.15, -0.1) is 0 Å². The van der Waals surface area contributed by atoms with Crippen LogP contribution in [0.1, 0.15) is 32.4 Å². The largest absolute Gasteiger partial charge is 0.458 e. The van der Waals surface area contributed by atoms with Crippen molar-refractivity contribution in [1.82, 2.24) is 0 Å². The van der Waals surface area contributed by atoms with Gasteiger partial charge in [0.2, 0.25) is 0 Å². The van der Waals surface area contributed by atoms with Crippen LogP contribution in [0.5, 0.6) is 5.75 Å². The standard InChI is InChI=1S/C12H14O4/c1-8(15-9(2)13)11-4-6-12(7-5-11)16-10(3)14/h4-8H,1-3H3/t8-/m0/s1. The fourth-order valence-corrected chi connectivity index (χ4v) is 1.29. The first-order chi connectivity index (χ1) is 7.49. The van der Waals surface area contributed by atoms with Crippen LogP contribution in [0.2, 0.25) is 0 Å². The van der Waals surface area contributed by atoms with Crippen molar-refractivity contribution in [1.29, 1.82) is 0 Å². The lowest BCUT2D eigenvalue weighted by Gasteiger charge is -2.12. The van der Waals surface area contributed by atoms with Crippen LogP contribution in [0, 0.1) is 0 Å². The molecule has 0 saturated heterocycles. The van der Waals surface area contributed by atoms with Crippen molar-refractivity contribution in [2.24, 2.45) is 0 Å². The molecule has 0 aliphatic rings. The van der Waals surface area contributed by atoms with Gasteiger partial charge in [-0.25, -0.2) is 0 Å². The summed E-state index contributed by atoms with van der Waals surface area (Å²) in [5, 5.41) is 0. The van der Waals surface area contributed by atoms with Crippen molar-refractivity contribution >= 4 is 11.9 Å². The van der Waals surface area contributed by atoms with Crippen molar-refractivity contribution in [3.05, 3.63) is 29.8 Å². The smallest absolute Gasteiger partial charge is 0.308 e. The van der Waals surface area contributed by atoms with E-state index in [0.717, 1.165) is 5.56 Å². The lowest BCUT2D eigenvalue weighted by Crippen LogP contribution is -2.05.